The van der Waals surface area contributed by atoms with E-state index in [9.17, 15) is 18.0 Å². The highest BCUT2D eigenvalue weighted by Crippen LogP contribution is 2.35. The van der Waals surface area contributed by atoms with E-state index in [-0.39, 0.29) is 33.8 Å². The van der Waals surface area contributed by atoms with Crippen LogP contribution in [0.15, 0.2) is 22.5 Å². The molecule has 14 heteroatoms. The first-order valence-corrected chi connectivity index (χ1v) is 12.8. The summed E-state index contributed by atoms with van der Waals surface area (Å²) in [5.74, 6) is -0.724. The molecule has 170 valence electrons. The number of carbonyl (C=O) groups excluding carboxylic acids is 2. The van der Waals surface area contributed by atoms with Gasteiger partial charge in [-0.05, 0) is 24.6 Å². The number of hydrogen-bond acceptors (Lipinski definition) is 10. The zero-order valence-electron chi connectivity index (χ0n) is 17.1. The molecule has 2 rings (SSSR count). The van der Waals surface area contributed by atoms with Gasteiger partial charge in [-0.1, -0.05) is 41.6 Å². The van der Waals surface area contributed by atoms with Gasteiger partial charge < -0.3 is 9.47 Å². The Balaban J connectivity index is 2.29. The van der Waals surface area contributed by atoms with Gasteiger partial charge in [-0.25, -0.2) is 8.42 Å². The summed E-state index contributed by atoms with van der Waals surface area (Å²) in [5.41, 5.74) is 0.145. The summed E-state index contributed by atoms with van der Waals surface area (Å²) < 4.78 is 36.5. The van der Waals surface area contributed by atoms with Gasteiger partial charge in [-0.3, -0.25) is 19.2 Å². The second-order valence-electron chi connectivity index (χ2n) is 6.03. The number of benzene rings is 1. The molecule has 1 N–H and O–H groups in total. The van der Waals surface area contributed by atoms with Gasteiger partial charge in [0.2, 0.25) is 21.1 Å². The monoisotopic (exact) mass is 508 g/mol. The number of methoxy groups -OCH3 is 2. The minimum absolute atomic E-state index is 0.0487. The summed E-state index contributed by atoms with van der Waals surface area (Å²) in [6.45, 7) is 1.68. The van der Waals surface area contributed by atoms with Gasteiger partial charge in [0.05, 0.1) is 31.9 Å². The molecule has 1 aromatic heterocycles. The number of hydrogen-bond donors (Lipinski definition) is 1. The summed E-state index contributed by atoms with van der Waals surface area (Å²) >= 11 is 8.23. The lowest BCUT2D eigenvalue weighted by molar-refractivity contribution is -0.137. The van der Waals surface area contributed by atoms with Crippen LogP contribution in [0.3, 0.4) is 0 Å². The molecule has 0 aliphatic heterocycles. The van der Waals surface area contributed by atoms with Crippen molar-refractivity contribution in [1.29, 1.82) is 0 Å². The molecule has 0 spiro atoms. The van der Waals surface area contributed by atoms with Crippen LogP contribution in [-0.2, 0) is 24.3 Å². The molecule has 10 nitrogen and oxygen atoms in total. The van der Waals surface area contributed by atoms with Gasteiger partial charge in [0.15, 0.2) is 4.34 Å². The maximum Gasteiger partial charge on any atom is 0.316 e. The van der Waals surface area contributed by atoms with Crippen molar-refractivity contribution in [3.05, 3.63) is 23.2 Å². The number of anilines is 2. The molecule has 0 unspecified atom stereocenters. The van der Waals surface area contributed by atoms with Crippen molar-refractivity contribution in [2.75, 3.05) is 35.9 Å². The van der Waals surface area contributed by atoms with E-state index in [1.807, 2.05) is 0 Å². The molecule has 0 saturated carbocycles. The van der Waals surface area contributed by atoms with Crippen molar-refractivity contribution in [2.24, 2.45) is 0 Å². The highest BCUT2D eigenvalue weighted by atomic mass is 35.5. The fourth-order valence-corrected chi connectivity index (χ4v) is 5.52. The van der Waals surface area contributed by atoms with E-state index < -0.39 is 27.9 Å². The Morgan fingerprint density at radius 1 is 1.32 bits per heavy atom. The van der Waals surface area contributed by atoms with Crippen molar-refractivity contribution in [1.82, 2.24) is 10.2 Å². The molecule has 1 heterocycles. The first-order chi connectivity index (χ1) is 14.6. The molecule has 0 aliphatic carbocycles. The van der Waals surface area contributed by atoms with Crippen LogP contribution in [0.4, 0.5) is 10.8 Å². The molecule has 0 saturated heterocycles. The molecule has 1 atom stereocenters. The molecule has 31 heavy (non-hydrogen) atoms. The predicted molar refractivity (Wildman–Crippen MR) is 121 cm³/mol. The number of nitrogens with zero attached hydrogens (tertiary/aromatic N) is 3. The predicted octanol–water partition coefficient (Wildman–Crippen LogP) is 2.65. The Bertz CT molecular complexity index is 1050. The number of esters is 1. The van der Waals surface area contributed by atoms with E-state index in [2.05, 4.69) is 20.3 Å². The number of halogens is 1. The van der Waals surface area contributed by atoms with E-state index in [0.717, 1.165) is 33.7 Å². The molecule has 1 amide bonds. The average molecular weight is 509 g/mol. The minimum atomic E-state index is -3.89. The Morgan fingerprint density at radius 2 is 2.03 bits per heavy atom. The average Bonchev–Trinajstić information content (AvgIpc) is 3.16. The van der Waals surface area contributed by atoms with E-state index >= 15 is 0 Å². The van der Waals surface area contributed by atoms with Crippen LogP contribution < -0.4 is 14.4 Å². The number of ether oxygens (including phenoxy) is 2. The van der Waals surface area contributed by atoms with Crippen LogP contribution in [0.25, 0.3) is 0 Å². The number of nitrogens with one attached hydrogen (secondary N) is 1. The molecule has 0 bridgehead atoms. The quantitative estimate of drug-likeness (QED) is 0.292. The SMILES string of the molecule is CC[C@@H](C(=O)Nc1nnc(SCC(=O)OC)s1)N(c1cc(Cl)ccc1OC)S(C)(=O)=O. The van der Waals surface area contributed by atoms with Crippen molar-refractivity contribution >= 4 is 67.4 Å². The molecule has 0 aliphatic rings. The van der Waals surface area contributed by atoms with E-state index in [1.54, 1.807) is 13.0 Å². The summed E-state index contributed by atoms with van der Waals surface area (Å²) in [4.78, 5) is 24.2. The third-order valence-electron chi connectivity index (χ3n) is 3.89. The van der Waals surface area contributed by atoms with E-state index in [0.29, 0.717) is 4.34 Å². The highest BCUT2D eigenvalue weighted by Gasteiger charge is 2.34. The van der Waals surface area contributed by atoms with E-state index in [4.69, 9.17) is 16.3 Å². The van der Waals surface area contributed by atoms with Crippen molar-refractivity contribution < 1.29 is 27.5 Å². The Kier molecular flexibility index (Phi) is 8.91. The number of sulfonamides is 1. The summed E-state index contributed by atoms with van der Waals surface area (Å²) in [6, 6.07) is 3.40. The van der Waals surface area contributed by atoms with Crippen molar-refractivity contribution in [3.8, 4) is 5.75 Å². The fraction of sp³-hybridized carbons (Fsp3) is 0.412. The highest BCUT2D eigenvalue weighted by molar-refractivity contribution is 8.01. The summed E-state index contributed by atoms with van der Waals surface area (Å²) in [5, 5.41) is 10.8. The molecular weight excluding hydrogens is 488 g/mol. The van der Waals surface area contributed by atoms with Crippen LogP contribution >= 0.6 is 34.7 Å². The Morgan fingerprint density at radius 3 is 2.61 bits per heavy atom. The summed E-state index contributed by atoms with van der Waals surface area (Å²) in [6.07, 6.45) is 1.16. The lowest BCUT2D eigenvalue weighted by Crippen LogP contribution is -2.47. The standard InChI is InChI=1S/C17H21ClN4O6S3/c1-5-11(15(24)19-16-20-21-17(30-16)29-9-14(23)28-3)22(31(4,25)26)12-8-10(18)6-7-13(12)27-2/h6-8,11H,5,9H2,1-4H3,(H,19,20,24)/t11-/m0/s1. The van der Waals surface area contributed by atoms with Gasteiger partial charge in [0, 0.05) is 5.02 Å². The third-order valence-corrected chi connectivity index (χ3v) is 7.23. The number of aromatic nitrogens is 2. The van der Waals surface area contributed by atoms with E-state index in [1.165, 1.54) is 26.4 Å². The minimum Gasteiger partial charge on any atom is -0.495 e. The maximum absolute atomic E-state index is 13.0. The molecule has 2 aromatic rings. The van der Waals surface area contributed by atoms with Crippen LogP contribution in [0.2, 0.25) is 5.02 Å². The number of carbonyl (C=O) groups is 2. The van der Waals surface area contributed by atoms with Crippen molar-refractivity contribution in [3.63, 3.8) is 0 Å². The third kappa shape index (κ3) is 6.69. The normalized spacial score (nSPS) is 12.2. The first-order valence-electron chi connectivity index (χ1n) is 8.77. The lowest BCUT2D eigenvalue weighted by atomic mass is 10.2. The van der Waals surface area contributed by atoms with Crippen LogP contribution in [-0.4, -0.2) is 62.8 Å². The van der Waals surface area contributed by atoms with Crippen molar-refractivity contribution in [2.45, 2.75) is 23.7 Å². The van der Waals surface area contributed by atoms with Crippen LogP contribution in [0.5, 0.6) is 5.75 Å². The lowest BCUT2D eigenvalue weighted by Gasteiger charge is -2.30. The number of rotatable bonds is 10. The molecular formula is C17H21ClN4O6S3. The van der Waals surface area contributed by atoms with Crippen LogP contribution in [0, 0.1) is 0 Å². The first kappa shape index (κ1) is 25.2. The second-order valence-corrected chi connectivity index (χ2v) is 10.5. The number of amides is 1. The Hall–Kier alpha value is -2.09. The topological polar surface area (TPSA) is 128 Å². The maximum atomic E-state index is 13.0. The van der Waals surface area contributed by atoms with Gasteiger partial charge in [0.25, 0.3) is 0 Å². The number of thioether (sulfide) groups is 1. The largest absolute Gasteiger partial charge is 0.495 e. The second kappa shape index (κ2) is 11.0. The van der Waals surface area contributed by atoms with Crippen LogP contribution in [0.1, 0.15) is 13.3 Å². The smallest absolute Gasteiger partial charge is 0.316 e. The Labute approximate surface area is 193 Å². The summed E-state index contributed by atoms with van der Waals surface area (Å²) in [7, 11) is -1.21. The van der Waals surface area contributed by atoms with Gasteiger partial charge >= 0.3 is 5.97 Å². The van der Waals surface area contributed by atoms with Gasteiger partial charge in [0.1, 0.15) is 11.8 Å². The zero-order valence-corrected chi connectivity index (χ0v) is 20.3. The zero-order chi connectivity index (χ0) is 23.2. The molecule has 1 aromatic carbocycles. The van der Waals surface area contributed by atoms with Gasteiger partial charge in [-0.15, -0.1) is 10.2 Å². The fourth-order valence-electron chi connectivity index (χ4n) is 2.56. The van der Waals surface area contributed by atoms with Gasteiger partial charge in [-0.2, -0.15) is 0 Å². The molecule has 0 fully saturated rings. The molecule has 0 radical (unpaired) electrons.